The first-order valence-corrected chi connectivity index (χ1v) is 6.11. The van der Waals surface area contributed by atoms with Gasteiger partial charge < -0.3 is 9.84 Å². The highest BCUT2D eigenvalue weighted by Gasteiger charge is 2.11. The van der Waals surface area contributed by atoms with Gasteiger partial charge in [0.05, 0.1) is 19.6 Å². The third kappa shape index (κ3) is 4.88. The van der Waals surface area contributed by atoms with Crippen LogP contribution < -0.4 is 0 Å². The SMILES string of the molecule is COC(=O)C[C@@H](O)CSc1ccc(Cl)cc1. The molecule has 0 fully saturated rings. The minimum atomic E-state index is -0.687. The van der Waals surface area contributed by atoms with Crippen LogP contribution in [0, 0.1) is 0 Å². The highest BCUT2D eigenvalue weighted by atomic mass is 35.5. The molecule has 1 atom stereocenters. The lowest BCUT2D eigenvalue weighted by Gasteiger charge is -2.08. The van der Waals surface area contributed by atoms with Crippen molar-refractivity contribution in [3.63, 3.8) is 0 Å². The topological polar surface area (TPSA) is 46.5 Å². The summed E-state index contributed by atoms with van der Waals surface area (Å²) in [5.74, 6) is 0.0562. The van der Waals surface area contributed by atoms with E-state index in [1.807, 2.05) is 12.1 Å². The average molecular weight is 261 g/mol. The number of carbonyl (C=O) groups excluding carboxylic acids is 1. The van der Waals surface area contributed by atoms with Gasteiger partial charge in [0.2, 0.25) is 0 Å². The third-order valence-corrected chi connectivity index (χ3v) is 3.29. The van der Waals surface area contributed by atoms with Crippen LogP contribution in [-0.4, -0.2) is 30.0 Å². The van der Waals surface area contributed by atoms with Gasteiger partial charge in [-0.15, -0.1) is 11.8 Å². The zero-order valence-electron chi connectivity index (χ0n) is 8.85. The first-order valence-electron chi connectivity index (χ1n) is 4.75. The van der Waals surface area contributed by atoms with Gasteiger partial charge in [-0.25, -0.2) is 0 Å². The van der Waals surface area contributed by atoms with E-state index in [0.717, 1.165) is 4.90 Å². The lowest BCUT2D eigenvalue weighted by molar-refractivity contribution is -0.142. The van der Waals surface area contributed by atoms with E-state index < -0.39 is 12.1 Å². The summed E-state index contributed by atoms with van der Waals surface area (Å²) < 4.78 is 4.46. The van der Waals surface area contributed by atoms with Gasteiger partial charge in [-0.1, -0.05) is 11.6 Å². The van der Waals surface area contributed by atoms with Crippen LogP contribution in [0.4, 0.5) is 0 Å². The van der Waals surface area contributed by atoms with E-state index in [9.17, 15) is 9.90 Å². The van der Waals surface area contributed by atoms with Crippen molar-refractivity contribution in [2.75, 3.05) is 12.9 Å². The molecule has 0 radical (unpaired) electrons. The van der Waals surface area contributed by atoms with Crippen LogP contribution in [0.15, 0.2) is 29.2 Å². The van der Waals surface area contributed by atoms with Crippen molar-refractivity contribution in [3.8, 4) is 0 Å². The minimum absolute atomic E-state index is 0.0249. The van der Waals surface area contributed by atoms with Crippen LogP contribution in [0.25, 0.3) is 0 Å². The van der Waals surface area contributed by atoms with Gasteiger partial charge in [-0.3, -0.25) is 4.79 Å². The van der Waals surface area contributed by atoms with E-state index in [4.69, 9.17) is 11.6 Å². The summed E-state index contributed by atoms with van der Waals surface area (Å²) in [5, 5.41) is 10.2. The van der Waals surface area contributed by atoms with Crippen molar-refractivity contribution in [1.82, 2.24) is 0 Å². The van der Waals surface area contributed by atoms with Gasteiger partial charge in [0.1, 0.15) is 0 Å². The van der Waals surface area contributed by atoms with E-state index >= 15 is 0 Å². The van der Waals surface area contributed by atoms with Crippen molar-refractivity contribution in [2.24, 2.45) is 0 Å². The van der Waals surface area contributed by atoms with Gasteiger partial charge in [-0.2, -0.15) is 0 Å². The molecule has 0 aromatic heterocycles. The van der Waals surface area contributed by atoms with Crippen molar-refractivity contribution in [1.29, 1.82) is 0 Å². The number of halogens is 1. The standard InChI is InChI=1S/C11H13ClO3S/c1-15-11(14)6-9(13)7-16-10-4-2-8(12)3-5-10/h2-5,9,13H,6-7H2,1H3/t9-/m1/s1. The smallest absolute Gasteiger partial charge is 0.308 e. The highest BCUT2D eigenvalue weighted by Crippen LogP contribution is 2.21. The maximum Gasteiger partial charge on any atom is 0.308 e. The third-order valence-electron chi connectivity index (χ3n) is 1.89. The predicted molar refractivity (Wildman–Crippen MR) is 64.8 cm³/mol. The fourth-order valence-electron chi connectivity index (χ4n) is 1.06. The van der Waals surface area contributed by atoms with Crippen LogP contribution in [0.2, 0.25) is 5.02 Å². The number of esters is 1. The molecule has 0 unspecified atom stereocenters. The van der Waals surface area contributed by atoms with Crippen LogP contribution in [0.1, 0.15) is 6.42 Å². The molecule has 0 saturated heterocycles. The Morgan fingerprint density at radius 3 is 2.69 bits per heavy atom. The molecule has 5 heteroatoms. The summed E-state index contributed by atoms with van der Waals surface area (Å²) in [6, 6.07) is 7.32. The van der Waals surface area contributed by atoms with Crippen molar-refractivity contribution >= 4 is 29.3 Å². The van der Waals surface area contributed by atoms with E-state index in [1.165, 1.54) is 18.9 Å². The van der Waals surface area contributed by atoms with Crippen LogP contribution >= 0.6 is 23.4 Å². The Bertz CT molecular complexity index is 340. The summed E-state index contributed by atoms with van der Waals surface area (Å²) in [6.45, 7) is 0. The van der Waals surface area contributed by atoms with Crippen LogP contribution in [0.3, 0.4) is 0 Å². The zero-order valence-corrected chi connectivity index (χ0v) is 10.4. The number of rotatable bonds is 5. The fourth-order valence-corrected chi connectivity index (χ4v) is 2.02. The normalized spacial score (nSPS) is 12.2. The van der Waals surface area contributed by atoms with Gasteiger partial charge in [-0.05, 0) is 24.3 Å². The molecule has 0 aliphatic rings. The minimum Gasteiger partial charge on any atom is -0.469 e. The number of hydrogen-bond acceptors (Lipinski definition) is 4. The molecule has 1 aromatic rings. The second kappa shape index (κ2) is 6.78. The molecule has 1 rings (SSSR count). The highest BCUT2D eigenvalue weighted by molar-refractivity contribution is 7.99. The van der Waals surface area contributed by atoms with E-state index in [2.05, 4.69) is 4.74 Å². The number of benzene rings is 1. The molecule has 0 saturated carbocycles. The summed E-state index contributed by atoms with van der Waals surface area (Å²) >= 11 is 7.22. The van der Waals surface area contributed by atoms with Crippen molar-refractivity contribution in [2.45, 2.75) is 17.4 Å². The average Bonchev–Trinajstić information content (AvgIpc) is 2.28. The molecule has 1 aromatic carbocycles. The van der Waals surface area contributed by atoms with Gasteiger partial charge in [0.25, 0.3) is 0 Å². The number of hydrogen-bond donors (Lipinski definition) is 1. The predicted octanol–water partition coefficient (Wildman–Crippen LogP) is 2.36. The molecule has 16 heavy (non-hydrogen) atoms. The maximum absolute atomic E-state index is 10.9. The second-order valence-electron chi connectivity index (χ2n) is 3.20. The van der Waals surface area contributed by atoms with Gasteiger partial charge in [0.15, 0.2) is 0 Å². The number of methoxy groups -OCH3 is 1. The van der Waals surface area contributed by atoms with Crippen LogP contribution in [-0.2, 0) is 9.53 Å². The molecular formula is C11H13ClO3S. The molecule has 0 heterocycles. The molecule has 0 bridgehead atoms. The number of ether oxygens (including phenoxy) is 1. The summed E-state index contributed by atoms with van der Waals surface area (Å²) in [5.41, 5.74) is 0. The summed E-state index contributed by atoms with van der Waals surface area (Å²) in [7, 11) is 1.31. The zero-order chi connectivity index (χ0) is 12.0. The Balaban J connectivity index is 2.34. The Hall–Kier alpha value is -0.710. The quantitative estimate of drug-likeness (QED) is 0.652. The maximum atomic E-state index is 10.9. The van der Waals surface area contributed by atoms with Crippen LogP contribution in [0.5, 0.6) is 0 Å². The number of thioether (sulfide) groups is 1. The Labute approximate surface area is 104 Å². The molecule has 0 aliphatic carbocycles. The lowest BCUT2D eigenvalue weighted by atomic mass is 10.3. The molecular weight excluding hydrogens is 248 g/mol. The largest absolute Gasteiger partial charge is 0.469 e. The molecule has 3 nitrogen and oxygen atoms in total. The van der Waals surface area contributed by atoms with Gasteiger partial charge in [0, 0.05) is 15.7 Å². The summed E-state index contributed by atoms with van der Waals surface area (Å²) in [6.07, 6.45) is -0.662. The molecule has 0 aliphatic heterocycles. The monoisotopic (exact) mass is 260 g/mol. The lowest BCUT2D eigenvalue weighted by Crippen LogP contribution is -2.16. The first kappa shape index (κ1) is 13.4. The fraction of sp³-hybridized carbons (Fsp3) is 0.364. The number of aliphatic hydroxyl groups excluding tert-OH is 1. The first-order chi connectivity index (χ1) is 7.61. The number of aliphatic hydroxyl groups is 1. The summed E-state index contributed by atoms with van der Waals surface area (Å²) in [4.78, 5) is 11.9. The second-order valence-corrected chi connectivity index (χ2v) is 4.73. The van der Waals surface area contributed by atoms with E-state index in [-0.39, 0.29) is 6.42 Å². The van der Waals surface area contributed by atoms with E-state index in [0.29, 0.717) is 10.8 Å². The number of carbonyl (C=O) groups is 1. The molecule has 0 amide bonds. The van der Waals surface area contributed by atoms with Gasteiger partial charge >= 0.3 is 5.97 Å². The van der Waals surface area contributed by atoms with E-state index in [1.54, 1.807) is 12.1 Å². The molecule has 88 valence electrons. The van der Waals surface area contributed by atoms with Crippen molar-refractivity contribution in [3.05, 3.63) is 29.3 Å². The molecule has 1 N–H and O–H groups in total. The van der Waals surface area contributed by atoms with Crippen molar-refractivity contribution < 1.29 is 14.6 Å². The Kier molecular flexibility index (Phi) is 5.66. The Morgan fingerprint density at radius 1 is 1.50 bits per heavy atom. The molecule has 0 spiro atoms. The Morgan fingerprint density at radius 2 is 2.12 bits per heavy atom.